The van der Waals surface area contributed by atoms with Gasteiger partial charge in [0.15, 0.2) is 0 Å². The summed E-state index contributed by atoms with van der Waals surface area (Å²) in [7, 11) is 2.84. The number of rotatable bonds is 9. The Balaban J connectivity index is 2.13. The van der Waals surface area contributed by atoms with Crippen LogP contribution in [-0.4, -0.2) is 44.1 Å². The van der Waals surface area contributed by atoms with Gasteiger partial charge in [-0.25, -0.2) is 4.79 Å². The van der Waals surface area contributed by atoms with Gasteiger partial charge >= 0.3 is 5.97 Å². The quantitative estimate of drug-likeness (QED) is 0.627. The lowest BCUT2D eigenvalue weighted by molar-refractivity contribution is -0.145. The normalized spacial score (nSPS) is 12.4. The first-order valence-electron chi connectivity index (χ1n) is 9.25. The Morgan fingerprint density at radius 2 is 1.41 bits per heavy atom. The van der Waals surface area contributed by atoms with Gasteiger partial charge in [-0.15, -0.1) is 0 Å². The Labute approximate surface area is 170 Å². The van der Waals surface area contributed by atoms with Crippen molar-refractivity contribution in [1.82, 2.24) is 10.6 Å². The average molecular weight is 398 g/mol. The molecule has 0 aliphatic rings. The molecule has 0 spiro atoms. The van der Waals surface area contributed by atoms with E-state index in [2.05, 4.69) is 10.6 Å². The van der Waals surface area contributed by atoms with E-state index in [1.807, 2.05) is 42.5 Å². The summed E-state index contributed by atoms with van der Waals surface area (Å²) < 4.78 is 9.97. The Morgan fingerprint density at radius 1 is 0.828 bits per heavy atom. The van der Waals surface area contributed by atoms with Gasteiger partial charge in [-0.3, -0.25) is 9.59 Å². The van der Waals surface area contributed by atoms with Crippen LogP contribution in [0, 0.1) is 0 Å². The highest BCUT2D eigenvalue weighted by Gasteiger charge is 2.27. The van der Waals surface area contributed by atoms with E-state index in [4.69, 9.17) is 9.47 Å². The summed E-state index contributed by atoms with van der Waals surface area (Å²) in [6.07, 6.45) is 0.559. The second kappa shape index (κ2) is 10.8. The molecular formula is C22H26N2O5. The number of carbonyl (C=O) groups excluding carboxylic acids is 3. The third-order valence-electron chi connectivity index (χ3n) is 4.38. The molecule has 154 valence electrons. The minimum Gasteiger partial charge on any atom is -0.497 e. The Hall–Kier alpha value is -3.35. The van der Waals surface area contributed by atoms with Crippen LogP contribution in [0.5, 0.6) is 5.75 Å². The molecule has 0 aliphatic carbocycles. The zero-order valence-electron chi connectivity index (χ0n) is 16.8. The van der Waals surface area contributed by atoms with Crippen molar-refractivity contribution >= 4 is 17.8 Å². The van der Waals surface area contributed by atoms with E-state index in [-0.39, 0.29) is 12.3 Å². The lowest BCUT2D eigenvalue weighted by Gasteiger charge is -2.22. The van der Waals surface area contributed by atoms with E-state index in [1.165, 1.54) is 14.0 Å². The summed E-state index contributed by atoms with van der Waals surface area (Å²) in [5.41, 5.74) is 1.73. The van der Waals surface area contributed by atoms with Gasteiger partial charge in [0.05, 0.1) is 14.2 Å². The van der Waals surface area contributed by atoms with E-state index in [0.29, 0.717) is 12.2 Å². The summed E-state index contributed by atoms with van der Waals surface area (Å²) in [6.45, 7) is 1.35. The van der Waals surface area contributed by atoms with Crippen LogP contribution in [0.3, 0.4) is 0 Å². The Kier molecular flexibility index (Phi) is 8.21. The zero-order valence-corrected chi connectivity index (χ0v) is 16.8. The molecule has 0 aliphatic heterocycles. The third-order valence-corrected chi connectivity index (χ3v) is 4.38. The van der Waals surface area contributed by atoms with Gasteiger partial charge in [0.2, 0.25) is 11.8 Å². The minimum atomic E-state index is -0.882. The number of carbonyl (C=O) groups is 3. The highest BCUT2D eigenvalue weighted by molar-refractivity contribution is 5.90. The molecule has 7 heteroatoms. The molecule has 0 radical (unpaired) electrons. The number of ether oxygens (including phenoxy) is 2. The topological polar surface area (TPSA) is 93.7 Å². The van der Waals surface area contributed by atoms with Crippen LogP contribution in [0.4, 0.5) is 0 Å². The Bertz CT molecular complexity index is 821. The molecule has 29 heavy (non-hydrogen) atoms. The second-order valence-electron chi connectivity index (χ2n) is 6.58. The molecule has 2 N–H and O–H groups in total. The van der Waals surface area contributed by atoms with E-state index >= 15 is 0 Å². The van der Waals surface area contributed by atoms with Crippen LogP contribution in [0.2, 0.25) is 0 Å². The van der Waals surface area contributed by atoms with Gasteiger partial charge < -0.3 is 20.1 Å². The summed E-state index contributed by atoms with van der Waals surface area (Å²) in [5, 5.41) is 5.36. The maximum Gasteiger partial charge on any atom is 0.328 e. The number of benzene rings is 2. The molecule has 0 saturated heterocycles. The third kappa shape index (κ3) is 6.95. The molecule has 0 aromatic heterocycles. The number of nitrogens with one attached hydrogen (secondary N) is 2. The van der Waals surface area contributed by atoms with E-state index in [0.717, 1.165) is 11.1 Å². The van der Waals surface area contributed by atoms with Crippen molar-refractivity contribution in [3.8, 4) is 5.75 Å². The molecular weight excluding hydrogens is 372 g/mol. The van der Waals surface area contributed by atoms with Crippen LogP contribution in [0.15, 0.2) is 54.6 Å². The number of methoxy groups -OCH3 is 2. The van der Waals surface area contributed by atoms with Crippen molar-refractivity contribution in [2.75, 3.05) is 14.2 Å². The van der Waals surface area contributed by atoms with Crippen molar-refractivity contribution in [3.63, 3.8) is 0 Å². The highest BCUT2D eigenvalue weighted by Crippen LogP contribution is 2.13. The van der Waals surface area contributed by atoms with Crippen molar-refractivity contribution < 1.29 is 23.9 Å². The monoisotopic (exact) mass is 398 g/mol. The van der Waals surface area contributed by atoms with Crippen molar-refractivity contribution in [3.05, 3.63) is 65.7 Å². The van der Waals surface area contributed by atoms with Crippen LogP contribution in [0.1, 0.15) is 18.1 Å². The van der Waals surface area contributed by atoms with Crippen molar-refractivity contribution in [2.24, 2.45) is 0 Å². The molecule has 0 heterocycles. The summed E-state index contributed by atoms with van der Waals surface area (Å²) in [6, 6.07) is 14.8. The number of esters is 1. The first kappa shape index (κ1) is 21.9. The summed E-state index contributed by atoms with van der Waals surface area (Å²) in [4.78, 5) is 36.7. The largest absolute Gasteiger partial charge is 0.497 e. The lowest BCUT2D eigenvalue weighted by Crippen LogP contribution is -2.53. The number of amides is 2. The van der Waals surface area contributed by atoms with Crippen LogP contribution in [0.25, 0.3) is 0 Å². The SMILES string of the molecule is COC(=O)[C@@H](Cc1ccc(OC)cc1)NC(=O)[C@H](Cc1ccccc1)NC(C)=O. The van der Waals surface area contributed by atoms with Crippen LogP contribution >= 0.6 is 0 Å². The van der Waals surface area contributed by atoms with Gasteiger partial charge in [-0.05, 0) is 23.3 Å². The minimum absolute atomic E-state index is 0.251. The maximum atomic E-state index is 12.9. The molecule has 2 rings (SSSR count). The van der Waals surface area contributed by atoms with Crippen molar-refractivity contribution in [2.45, 2.75) is 31.8 Å². The van der Waals surface area contributed by atoms with Gasteiger partial charge in [-0.2, -0.15) is 0 Å². The van der Waals surface area contributed by atoms with Crippen molar-refractivity contribution in [1.29, 1.82) is 0 Å². The Morgan fingerprint density at radius 3 is 1.97 bits per heavy atom. The summed E-state index contributed by atoms with van der Waals surface area (Å²) >= 11 is 0. The van der Waals surface area contributed by atoms with Gasteiger partial charge in [0, 0.05) is 19.8 Å². The first-order chi connectivity index (χ1) is 13.9. The van der Waals surface area contributed by atoms with Crippen LogP contribution in [-0.2, 0) is 32.0 Å². The molecule has 0 bridgehead atoms. The fraction of sp³-hybridized carbons (Fsp3) is 0.318. The van der Waals surface area contributed by atoms with E-state index in [1.54, 1.807) is 19.2 Å². The van der Waals surface area contributed by atoms with Crippen LogP contribution < -0.4 is 15.4 Å². The van der Waals surface area contributed by atoms with Gasteiger partial charge in [0.1, 0.15) is 17.8 Å². The standard InChI is InChI=1S/C22H26N2O5/c1-15(25)23-19(13-16-7-5-4-6-8-16)21(26)24-20(22(27)29-3)14-17-9-11-18(28-2)12-10-17/h4-12,19-20H,13-14H2,1-3H3,(H,23,25)(H,24,26)/t19-,20+/m0/s1. The molecule has 0 saturated carbocycles. The lowest BCUT2D eigenvalue weighted by atomic mass is 10.0. The molecule has 7 nitrogen and oxygen atoms in total. The molecule has 2 aromatic carbocycles. The fourth-order valence-corrected chi connectivity index (χ4v) is 2.91. The first-order valence-corrected chi connectivity index (χ1v) is 9.25. The predicted molar refractivity (Wildman–Crippen MR) is 108 cm³/mol. The zero-order chi connectivity index (χ0) is 21.2. The molecule has 2 atom stereocenters. The average Bonchev–Trinajstić information content (AvgIpc) is 2.73. The highest BCUT2D eigenvalue weighted by atomic mass is 16.5. The van der Waals surface area contributed by atoms with E-state index < -0.39 is 24.0 Å². The maximum absolute atomic E-state index is 12.9. The smallest absolute Gasteiger partial charge is 0.328 e. The number of hydrogen-bond donors (Lipinski definition) is 2. The van der Waals surface area contributed by atoms with Gasteiger partial charge in [-0.1, -0.05) is 42.5 Å². The molecule has 2 aromatic rings. The molecule has 2 amide bonds. The van der Waals surface area contributed by atoms with Gasteiger partial charge in [0.25, 0.3) is 0 Å². The molecule has 0 unspecified atom stereocenters. The second-order valence-corrected chi connectivity index (χ2v) is 6.58. The summed E-state index contributed by atoms with van der Waals surface area (Å²) in [5.74, 6) is -0.643. The molecule has 0 fully saturated rings. The number of hydrogen-bond acceptors (Lipinski definition) is 5. The predicted octanol–water partition coefficient (Wildman–Crippen LogP) is 1.64. The van der Waals surface area contributed by atoms with E-state index in [9.17, 15) is 14.4 Å². The fourth-order valence-electron chi connectivity index (χ4n) is 2.91.